The SMILES string of the molecule is CN(C#N)C(=O)[C@@H]1CCCC[C@@H]1C(N)=O.O=C(O)c1cc2sc3ccccc3n2c1. The fourth-order valence-electron chi connectivity index (χ4n) is 3.75. The summed E-state index contributed by atoms with van der Waals surface area (Å²) in [6.45, 7) is 0. The van der Waals surface area contributed by atoms with E-state index >= 15 is 0 Å². The van der Waals surface area contributed by atoms with Crippen LogP contribution in [0.25, 0.3) is 15.0 Å². The molecule has 2 atom stereocenters. The second kappa shape index (κ2) is 8.97. The number of rotatable bonds is 3. The van der Waals surface area contributed by atoms with Gasteiger partial charge in [0.2, 0.25) is 11.8 Å². The van der Waals surface area contributed by atoms with Crippen molar-refractivity contribution in [2.75, 3.05) is 7.05 Å². The highest BCUT2D eigenvalue weighted by Gasteiger charge is 2.36. The van der Waals surface area contributed by atoms with E-state index in [9.17, 15) is 14.4 Å². The van der Waals surface area contributed by atoms with Crippen LogP contribution in [-0.2, 0) is 9.59 Å². The zero-order valence-electron chi connectivity index (χ0n) is 16.4. The monoisotopic (exact) mass is 426 g/mol. The molecule has 4 rings (SSSR count). The third kappa shape index (κ3) is 4.28. The summed E-state index contributed by atoms with van der Waals surface area (Å²) in [6.07, 6.45) is 6.57. The van der Waals surface area contributed by atoms with Crippen LogP contribution in [0.4, 0.5) is 0 Å². The Balaban J connectivity index is 0.000000171. The van der Waals surface area contributed by atoms with Crippen LogP contribution >= 0.6 is 11.3 Å². The van der Waals surface area contributed by atoms with E-state index in [4.69, 9.17) is 16.1 Å². The van der Waals surface area contributed by atoms with E-state index in [1.54, 1.807) is 29.8 Å². The van der Waals surface area contributed by atoms with Gasteiger partial charge < -0.3 is 15.2 Å². The molecule has 0 spiro atoms. The second-order valence-corrected chi connectivity index (χ2v) is 8.27. The molecule has 1 aliphatic carbocycles. The Labute approximate surface area is 177 Å². The van der Waals surface area contributed by atoms with Crippen molar-refractivity contribution >= 4 is 44.2 Å². The molecule has 2 heterocycles. The molecule has 1 saturated carbocycles. The van der Waals surface area contributed by atoms with Gasteiger partial charge in [-0.3, -0.25) is 14.5 Å². The summed E-state index contributed by atoms with van der Waals surface area (Å²) >= 11 is 1.60. The van der Waals surface area contributed by atoms with Gasteiger partial charge in [0.25, 0.3) is 0 Å². The molecule has 0 bridgehead atoms. The lowest BCUT2D eigenvalue weighted by molar-refractivity contribution is -0.139. The summed E-state index contributed by atoms with van der Waals surface area (Å²) in [7, 11) is 1.41. The molecular weight excluding hydrogens is 404 g/mol. The van der Waals surface area contributed by atoms with Crippen molar-refractivity contribution in [3.8, 4) is 6.19 Å². The third-order valence-electron chi connectivity index (χ3n) is 5.30. The fourth-order valence-corrected chi connectivity index (χ4v) is 4.82. The van der Waals surface area contributed by atoms with Crippen LogP contribution in [-0.4, -0.2) is 39.2 Å². The minimum absolute atomic E-state index is 0.291. The molecule has 0 aliphatic heterocycles. The Morgan fingerprint density at radius 3 is 2.53 bits per heavy atom. The highest BCUT2D eigenvalue weighted by atomic mass is 32.1. The largest absolute Gasteiger partial charge is 0.478 e. The number of carbonyl (C=O) groups is 3. The van der Waals surface area contributed by atoms with Crippen molar-refractivity contribution in [2.24, 2.45) is 17.6 Å². The lowest BCUT2D eigenvalue weighted by Crippen LogP contribution is -2.41. The number of benzene rings is 1. The molecule has 1 aromatic carbocycles. The number of nitrogens with two attached hydrogens (primary N) is 1. The number of primary amides is 1. The maximum atomic E-state index is 11.7. The Kier molecular flexibility index (Phi) is 6.37. The molecule has 2 amide bonds. The smallest absolute Gasteiger partial charge is 0.337 e. The summed E-state index contributed by atoms with van der Waals surface area (Å²) in [5.74, 6) is -2.40. The first-order valence-electron chi connectivity index (χ1n) is 9.53. The zero-order valence-corrected chi connectivity index (χ0v) is 17.3. The first-order chi connectivity index (χ1) is 14.3. The molecule has 0 saturated heterocycles. The molecule has 156 valence electrons. The van der Waals surface area contributed by atoms with Gasteiger partial charge in [-0.15, -0.1) is 11.3 Å². The molecule has 3 aromatic rings. The normalized spacial score (nSPS) is 18.3. The fraction of sp³-hybridized carbons (Fsp3) is 0.333. The Morgan fingerprint density at radius 2 is 1.90 bits per heavy atom. The average Bonchev–Trinajstić information content (AvgIpc) is 3.31. The summed E-state index contributed by atoms with van der Waals surface area (Å²) < 4.78 is 3.09. The van der Waals surface area contributed by atoms with Gasteiger partial charge >= 0.3 is 5.97 Å². The van der Waals surface area contributed by atoms with E-state index in [2.05, 4.69) is 0 Å². The molecule has 0 radical (unpaired) electrons. The lowest BCUT2D eigenvalue weighted by Gasteiger charge is -2.29. The first-order valence-corrected chi connectivity index (χ1v) is 10.3. The van der Waals surface area contributed by atoms with E-state index in [0.29, 0.717) is 18.4 Å². The van der Waals surface area contributed by atoms with Crippen molar-refractivity contribution in [2.45, 2.75) is 25.7 Å². The van der Waals surface area contributed by atoms with Gasteiger partial charge in [-0.25, -0.2) is 4.79 Å². The number of amides is 2. The van der Waals surface area contributed by atoms with Crippen LogP contribution in [0.15, 0.2) is 36.5 Å². The van der Waals surface area contributed by atoms with Crippen LogP contribution in [0.3, 0.4) is 0 Å². The maximum absolute atomic E-state index is 11.7. The third-order valence-corrected chi connectivity index (χ3v) is 6.39. The van der Waals surface area contributed by atoms with E-state index in [1.165, 1.54) is 11.7 Å². The van der Waals surface area contributed by atoms with Crippen LogP contribution in [0, 0.1) is 23.3 Å². The number of aromatic nitrogens is 1. The van der Waals surface area contributed by atoms with Crippen molar-refractivity contribution in [1.29, 1.82) is 5.26 Å². The molecule has 30 heavy (non-hydrogen) atoms. The molecule has 0 unspecified atom stereocenters. The van der Waals surface area contributed by atoms with Crippen LogP contribution in [0.5, 0.6) is 0 Å². The summed E-state index contributed by atoms with van der Waals surface area (Å²) in [4.78, 5) is 35.6. The van der Waals surface area contributed by atoms with Crippen molar-refractivity contribution in [1.82, 2.24) is 9.30 Å². The number of para-hydroxylation sites is 1. The highest BCUT2D eigenvalue weighted by molar-refractivity contribution is 7.24. The number of carbonyl (C=O) groups excluding carboxylic acids is 2. The van der Waals surface area contributed by atoms with Gasteiger partial charge in [0.1, 0.15) is 4.83 Å². The van der Waals surface area contributed by atoms with E-state index < -0.39 is 23.7 Å². The van der Waals surface area contributed by atoms with Gasteiger partial charge in [0, 0.05) is 19.2 Å². The predicted octanol–water partition coefficient (Wildman–Crippen LogP) is 3.07. The number of fused-ring (bicyclic) bond motifs is 3. The molecule has 1 fully saturated rings. The first kappa shape index (κ1) is 21.3. The van der Waals surface area contributed by atoms with Crippen LogP contribution < -0.4 is 5.73 Å². The number of carboxylic acids is 1. The van der Waals surface area contributed by atoms with Crippen molar-refractivity contribution in [3.05, 3.63) is 42.1 Å². The molecule has 3 N–H and O–H groups in total. The number of carboxylic acid groups (broad SMARTS) is 1. The maximum Gasteiger partial charge on any atom is 0.337 e. The van der Waals surface area contributed by atoms with Crippen LogP contribution in [0.1, 0.15) is 36.0 Å². The summed E-state index contributed by atoms with van der Waals surface area (Å²) in [5.41, 5.74) is 6.64. The summed E-state index contributed by atoms with van der Waals surface area (Å²) in [5, 5.41) is 17.5. The average molecular weight is 426 g/mol. The van der Waals surface area contributed by atoms with Gasteiger partial charge in [0.05, 0.1) is 21.7 Å². The van der Waals surface area contributed by atoms with Crippen molar-refractivity contribution < 1.29 is 19.5 Å². The molecular formula is C21H22N4O4S. The van der Waals surface area contributed by atoms with Crippen molar-refractivity contribution in [3.63, 3.8) is 0 Å². The highest BCUT2D eigenvalue weighted by Crippen LogP contribution is 2.31. The number of aromatic carboxylic acids is 1. The second-order valence-electron chi connectivity index (χ2n) is 7.21. The Bertz CT molecular complexity index is 1140. The number of nitriles is 1. The van der Waals surface area contributed by atoms with Gasteiger partial charge in [-0.05, 0) is 31.0 Å². The minimum Gasteiger partial charge on any atom is -0.478 e. The van der Waals surface area contributed by atoms with Gasteiger partial charge in [-0.1, -0.05) is 25.0 Å². The van der Waals surface area contributed by atoms with E-state index in [0.717, 1.165) is 28.1 Å². The number of nitrogens with zero attached hydrogens (tertiary/aromatic N) is 3. The molecule has 1 aliphatic rings. The zero-order chi connectivity index (χ0) is 21.8. The Morgan fingerprint density at radius 1 is 1.23 bits per heavy atom. The summed E-state index contributed by atoms with van der Waals surface area (Å²) in [6, 6.07) is 9.66. The predicted molar refractivity (Wildman–Crippen MR) is 113 cm³/mol. The molecule has 8 nitrogen and oxygen atoms in total. The Hall–Kier alpha value is -3.38. The minimum atomic E-state index is -0.880. The number of hydrogen-bond donors (Lipinski definition) is 2. The molecule has 2 aromatic heterocycles. The standard InChI is InChI=1S/C11H7NO2S.C10H15N3O2/c13-11(14)7-5-10-12(6-7)8-3-1-2-4-9(8)15-10;1-13(6-11)10(15)8-5-3-2-4-7(8)9(12)14/h1-6H,(H,13,14);7-8H,2-5H2,1H3,(H2,12,14)/t;7-,8+/m.0/s1. The van der Waals surface area contributed by atoms with Crippen LogP contribution in [0.2, 0.25) is 0 Å². The number of thiazole rings is 1. The van der Waals surface area contributed by atoms with E-state index in [-0.39, 0.29) is 5.91 Å². The number of hydrogen-bond acceptors (Lipinski definition) is 5. The quantitative estimate of drug-likeness (QED) is 0.491. The van der Waals surface area contributed by atoms with Gasteiger partial charge in [-0.2, -0.15) is 5.26 Å². The topological polar surface area (TPSA) is 129 Å². The van der Waals surface area contributed by atoms with Gasteiger partial charge in [0.15, 0.2) is 6.19 Å². The van der Waals surface area contributed by atoms with E-state index in [1.807, 2.05) is 28.7 Å². The molecule has 9 heteroatoms. The lowest BCUT2D eigenvalue weighted by atomic mass is 9.78.